The van der Waals surface area contributed by atoms with E-state index in [9.17, 15) is 9.90 Å². The number of aliphatic carboxylic acids is 1. The largest absolute Gasteiger partial charge is 0.481 e. The minimum absolute atomic E-state index is 0.307. The van der Waals surface area contributed by atoms with Crippen LogP contribution in [0.5, 0.6) is 0 Å². The van der Waals surface area contributed by atoms with E-state index in [2.05, 4.69) is 0 Å². The van der Waals surface area contributed by atoms with Gasteiger partial charge in [0.2, 0.25) is 0 Å². The van der Waals surface area contributed by atoms with Crippen LogP contribution in [0.1, 0.15) is 6.42 Å². The predicted octanol–water partition coefficient (Wildman–Crippen LogP) is 0.771. The first-order valence-corrected chi connectivity index (χ1v) is 3.89. The van der Waals surface area contributed by atoms with E-state index < -0.39 is 17.7 Å². The van der Waals surface area contributed by atoms with E-state index in [0.717, 1.165) is 0 Å². The molecule has 1 N–H and O–H groups in total. The summed E-state index contributed by atoms with van der Waals surface area (Å²) in [5.41, 5.74) is -1.22. The lowest BCUT2D eigenvalue weighted by Crippen LogP contribution is -2.43. The Morgan fingerprint density at radius 2 is 2.31 bits per heavy atom. The van der Waals surface area contributed by atoms with Crippen molar-refractivity contribution in [1.82, 2.24) is 0 Å². The maximum absolute atomic E-state index is 11.4. The Hall–Kier alpha value is -1.13. The van der Waals surface area contributed by atoms with Gasteiger partial charge in [-0.2, -0.15) is 0 Å². The molecule has 0 aromatic heterocycles. The Bertz CT molecular complexity index is 256. The molecule has 1 radical (unpaired) electrons. The molecule has 4 nitrogen and oxygen atoms in total. The number of carboxylic acids is 1. The van der Waals surface area contributed by atoms with Gasteiger partial charge in [0.05, 0.1) is 6.42 Å². The highest BCUT2D eigenvalue weighted by Gasteiger charge is 2.38. The normalized spacial score (nSPS) is 32.0. The number of rotatable bonds is 3. The first kappa shape index (κ1) is 9.95. The number of carbonyl (C=O) groups is 1. The Balaban J connectivity index is 2.85. The molecule has 0 amide bonds. The highest BCUT2D eigenvalue weighted by Crippen LogP contribution is 2.26. The van der Waals surface area contributed by atoms with Gasteiger partial charge in [-0.25, -0.2) is 5.11 Å². The number of hydrogen-bond acceptors (Lipinski definition) is 2. The minimum Gasteiger partial charge on any atom is -0.481 e. The SMILES string of the molecule is COC1(CC(=O)O)C=CC=CC1[O]. The molecule has 0 spiro atoms. The molecule has 4 heteroatoms. The van der Waals surface area contributed by atoms with Gasteiger partial charge in [0.1, 0.15) is 11.7 Å². The molecule has 2 atom stereocenters. The summed E-state index contributed by atoms with van der Waals surface area (Å²) in [5.74, 6) is -1.04. The number of carboxylic acid groups (broad SMARTS) is 1. The summed E-state index contributed by atoms with van der Waals surface area (Å²) in [4.78, 5) is 10.5. The molecule has 0 heterocycles. The highest BCUT2D eigenvalue weighted by molar-refractivity contribution is 5.69. The fourth-order valence-electron chi connectivity index (χ4n) is 1.29. The zero-order chi connectivity index (χ0) is 9.90. The monoisotopic (exact) mass is 183 g/mol. The Morgan fingerprint density at radius 3 is 2.77 bits per heavy atom. The summed E-state index contributed by atoms with van der Waals surface area (Å²) in [5, 5.41) is 20.0. The molecule has 1 rings (SSSR count). The zero-order valence-corrected chi connectivity index (χ0v) is 7.27. The van der Waals surface area contributed by atoms with Crippen molar-refractivity contribution in [2.24, 2.45) is 0 Å². The Labute approximate surface area is 76.1 Å². The predicted molar refractivity (Wildman–Crippen MR) is 44.7 cm³/mol. The third-order valence-corrected chi connectivity index (χ3v) is 2.06. The molecule has 0 saturated heterocycles. The van der Waals surface area contributed by atoms with Gasteiger partial charge in [0.15, 0.2) is 0 Å². The Morgan fingerprint density at radius 1 is 1.62 bits per heavy atom. The van der Waals surface area contributed by atoms with E-state index in [-0.39, 0.29) is 6.42 Å². The summed E-state index contributed by atoms with van der Waals surface area (Å²) < 4.78 is 4.97. The lowest BCUT2D eigenvalue weighted by atomic mass is 9.89. The first-order chi connectivity index (χ1) is 6.10. The van der Waals surface area contributed by atoms with Crippen molar-refractivity contribution in [2.45, 2.75) is 18.1 Å². The minimum atomic E-state index is -1.22. The van der Waals surface area contributed by atoms with Gasteiger partial charge in [0.25, 0.3) is 0 Å². The molecule has 0 aromatic carbocycles. The van der Waals surface area contributed by atoms with E-state index in [1.165, 1.54) is 19.3 Å². The van der Waals surface area contributed by atoms with Crippen molar-refractivity contribution in [3.05, 3.63) is 24.3 Å². The first-order valence-electron chi connectivity index (χ1n) is 3.89. The summed E-state index contributed by atoms with van der Waals surface area (Å²) in [7, 11) is 1.34. The van der Waals surface area contributed by atoms with Crippen LogP contribution in [0.2, 0.25) is 0 Å². The summed E-state index contributed by atoms with van der Waals surface area (Å²) in [6.45, 7) is 0. The lowest BCUT2D eigenvalue weighted by molar-refractivity contribution is -0.148. The standard InChI is InChI=1S/C9H11O4/c1-13-9(6-8(11)12)5-3-2-4-7(9)10/h2-5,7H,6H2,1H3,(H,11,12). The van der Waals surface area contributed by atoms with Crippen LogP contribution in [-0.4, -0.2) is 29.9 Å². The second-order valence-corrected chi connectivity index (χ2v) is 2.89. The molecule has 1 aliphatic carbocycles. The van der Waals surface area contributed by atoms with Crippen LogP contribution in [0.15, 0.2) is 24.3 Å². The van der Waals surface area contributed by atoms with Crippen LogP contribution in [0, 0.1) is 0 Å². The zero-order valence-electron chi connectivity index (χ0n) is 7.27. The van der Waals surface area contributed by atoms with Crippen molar-refractivity contribution in [1.29, 1.82) is 0 Å². The van der Waals surface area contributed by atoms with Crippen LogP contribution >= 0.6 is 0 Å². The van der Waals surface area contributed by atoms with E-state index in [1.807, 2.05) is 0 Å². The number of methoxy groups -OCH3 is 1. The van der Waals surface area contributed by atoms with Crippen LogP contribution in [-0.2, 0) is 14.6 Å². The second-order valence-electron chi connectivity index (χ2n) is 2.89. The average Bonchev–Trinajstić information content (AvgIpc) is 2.08. The maximum atomic E-state index is 11.4. The van der Waals surface area contributed by atoms with Crippen LogP contribution in [0.4, 0.5) is 0 Å². The van der Waals surface area contributed by atoms with Gasteiger partial charge < -0.3 is 9.84 Å². The average molecular weight is 183 g/mol. The molecule has 0 aromatic rings. The lowest BCUT2D eigenvalue weighted by Gasteiger charge is -2.31. The molecule has 0 fully saturated rings. The molecule has 0 aliphatic heterocycles. The van der Waals surface area contributed by atoms with Gasteiger partial charge in [-0.05, 0) is 12.2 Å². The Kier molecular flexibility index (Phi) is 2.85. The van der Waals surface area contributed by atoms with Gasteiger partial charge >= 0.3 is 5.97 Å². The van der Waals surface area contributed by atoms with Crippen LogP contribution in [0.3, 0.4) is 0 Å². The van der Waals surface area contributed by atoms with Gasteiger partial charge in [0, 0.05) is 7.11 Å². The number of allylic oxidation sites excluding steroid dienone is 2. The van der Waals surface area contributed by atoms with E-state index in [4.69, 9.17) is 9.84 Å². The number of hydrogen-bond donors (Lipinski definition) is 1. The molecule has 0 bridgehead atoms. The van der Waals surface area contributed by atoms with Crippen molar-refractivity contribution >= 4 is 5.97 Å². The van der Waals surface area contributed by atoms with Crippen molar-refractivity contribution in [3.8, 4) is 0 Å². The van der Waals surface area contributed by atoms with Crippen LogP contribution in [0.25, 0.3) is 0 Å². The van der Waals surface area contributed by atoms with Gasteiger partial charge in [-0.15, -0.1) is 0 Å². The molecule has 1 aliphatic rings. The van der Waals surface area contributed by atoms with E-state index in [1.54, 1.807) is 12.2 Å². The smallest absolute Gasteiger partial charge is 0.306 e. The van der Waals surface area contributed by atoms with Crippen LogP contribution < -0.4 is 0 Å². The van der Waals surface area contributed by atoms with Crippen molar-refractivity contribution in [3.63, 3.8) is 0 Å². The van der Waals surface area contributed by atoms with Gasteiger partial charge in [-0.1, -0.05) is 12.2 Å². The third-order valence-electron chi connectivity index (χ3n) is 2.06. The second kappa shape index (κ2) is 3.72. The molecular formula is C9H11O4. The van der Waals surface area contributed by atoms with Gasteiger partial charge in [-0.3, -0.25) is 4.79 Å². The summed E-state index contributed by atoms with van der Waals surface area (Å²) in [6.07, 6.45) is 4.65. The molecule has 71 valence electrons. The fraction of sp³-hybridized carbons (Fsp3) is 0.444. The molecule has 2 unspecified atom stereocenters. The molecule has 0 saturated carbocycles. The van der Waals surface area contributed by atoms with Crippen molar-refractivity contribution in [2.75, 3.05) is 7.11 Å². The van der Waals surface area contributed by atoms with Crippen molar-refractivity contribution < 1.29 is 19.7 Å². The summed E-state index contributed by atoms with van der Waals surface area (Å²) >= 11 is 0. The topological polar surface area (TPSA) is 66.4 Å². The highest BCUT2D eigenvalue weighted by atomic mass is 16.5. The maximum Gasteiger partial charge on any atom is 0.306 e. The third kappa shape index (κ3) is 1.96. The summed E-state index contributed by atoms with van der Waals surface area (Å²) in [6, 6.07) is 0. The van der Waals surface area contributed by atoms with E-state index in [0.29, 0.717) is 0 Å². The quantitative estimate of drug-likeness (QED) is 0.702. The molecular weight excluding hydrogens is 172 g/mol. The fourth-order valence-corrected chi connectivity index (χ4v) is 1.29. The number of ether oxygens (including phenoxy) is 1. The van der Waals surface area contributed by atoms with E-state index >= 15 is 0 Å². The molecule has 13 heavy (non-hydrogen) atoms.